The van der Waals surface area contributed by atoms with E-state index in [1.807, 2.05) is 0 Å². The van der Waals surface area contributed by atoms with Crippen LogP contribution in [0.2, 0.25) is 5.02 Å². The Bertz CT molecular complexity index is 1130. The Kier molecular flexibility index (Phi) is 7.94. The average molecular weight is 469 g/mol. The van der Waals surface area contributed by atoms with E-state index in [1.165, 1.54) is 6.20 Å². The Morgan fingerprint density at radius 1 is 1.39 bits per heavy atom. The highest BCUT2D eigenvalue weighted by Crippen LogP contribution is 2.35. The number of allylic oxidation sites excluding steroid dienone is 3. The number of hydrogen-bond donors (Lipinski definition) is 3. The maximum absolute atomic E-state index is 6.74. The van der Waals surface area contributed by atoms with Gasteiger partial charge in [0, 0.05) is 37.5 Å². The van der Waals surface area contributed by atoms with E-state index in [4.69, 9.17) is 33.0 Å². The lowest BCUT2D eigenvalue weighted by molar-refractivity contribution is 0.315. The van der Waals surface area contributed by atoms with Crippen LogP contribution in [0.15, 0.2) is 53.5 Å². The van der Waals surface area contributed by atoms with E-state index in [9.17, 15) is 0 Å². The van der Waals surface area contributed by atoms with Crippen molar-refractivity contribution in [3.05, 3.63) is 65.0 Å². The fourth-order valence-electron chi connectivity index (χ4n) is 3.90. The number of H-pyrrole nitrogens is 1. The second-order valence-corrected chi connectivity index (χ2v) is 8.68. The molecular formula is C24H33ClN8. The highest BCUT2D eigenvalue weighted by Gasteiger charge is 2.28. The molecule has 5 N–H and O–H groups in total. The number of halogens is 1. The Labute approximate surface area is 200 Å². The number of aryl methyl sites for hydroxylation is 1. The van der Waals surface area contributed by atoms with Gasteiger partial charge in [0.25, 0.3) is 0 Å². The summed E-state index contributed by atoms with van der Waals surface area (Å²) in [5, 5.41) is 1.56. The minimum Gasteiger partial charge on any atom is -0.404 e. The van der Waals surface area contributed by atoms with Gasteiger partial charge in [0.1, 0.15) is 17.3 Å². The van der Waals surface area contributed by atoms with Crippen LogP contribution in [-0.2, 0) is 12.8 Å². The topological polar surface area (TPSA) is 112 Å². The van der Waals surface area contributed by atoms with E-state index < -0.39 is 0 Å². The lowest BCUT2D eigenvalue weighted by Crippen LogP contribution is -2.32. The van der Waals surface area contributed by atoms with Crippen molar-refractivity contribution in [2.24, 2.45) is 16.5 Å². The first-order valence-electron chi connectivity index (χ1n) is 11.0. The second kappa shape index (κ2) is 10.7. The number of aromatic amines is 1. The van der Waals surface area contributed by atoms with Crippen molar-refractivity contribution in [3.8, 4) is 0 Å². The third-order valence-corrected chi connectivity index (χ3v) is 6.20. The van der Waals surface area contributed by atoms with Crippen LogP contribution >= 0.6 is 11.6 Å². The summed E-state index contributed by atoms with van der Waals surface area (Å²) in [5.41, 5.74) is 15.1. The van der Waals surface area contributed by atoms with Gasteiger partial charge in [-0.15, -0.1) is 0 Å². The predicted molar refractivity (Wildman–Crippen MR) is 139 cm³/mol. The first kappa shape index (κ1) is 24.5. The molecule has 0 bridgehead atoms. The number of rotatable bonds is 9. The SMILES string of the molecule is C=C\C=N/C(=C/C(=C\N)Cc1nc(N2CC[C@@H](N(C)C)C2)c2c(Cl)c(CC)[nH]c2n1)C(=C)N. The quantitative estimate of drug-likeness (QED) is 0.384. The molecule has 1 saturated heterocycles. The molecular weight excluding hydrogens is 436 g/mol. The highest BCUT2D eigenvalue weighted by molar-refractivity contribution is 6.37. The summed E-state index contributed by atoms with van der Waals surface area (Å²) in [4.78, 5) is 21.9. The van der Waals surface area contributed by atoms with Crippen LogP contribution in [-0.4, -0.2) is 59.3 Å². The van der Waals surface area contributed by atoms with Gasteiger partial charge in [-0.2, -0.15) is 0 Å². The van der Waals surface area contributed by atoms with Crippen LogP contribution in [0.3, 0.4) is 0 Å². The van der Waals surface area contributed by atoms with Crippen molar-refractivity contribution in [1.29, 1.82) is 0 Å². The Balaban J connectivity index is 2.04. The van der Waals surface area contributed by atoms with Gasteiger partial charge in [0.15, 0.2) is 0 Å². The van der Waals surface area contributed by atoms with E-state index in [-0.39, 0.29) is 0 Å². The number of aromatic nitrogens is 3. The molecule has 1 aliphatic heterocycles. The number of hydrogen-bond acceptors (Lipinski definition) is 7. The van der Waals surface area contributed by atoms with E-state index in [0.29, 0.717) is 34.7 Å². The zero-order chi connectivity index (χ0) is 24.1. The maximum atomic E-state index is 6.74. The minimum absolute atomic E-state index is 0.333. The monoisotopic (exact) mass is 468 g/mol. The predicted octanol–water partition coefficient (Wildman–Crippen LogP) is 3.31. The van der Waals surface area contributed by atoms with Crippen molar-refractivity contribution in [2.45, 2.75) is 32.2 Å². The summed E-state index contributed by atoms with van der Waals surface area (Å²) in [7, 11) is 4.21. The summed E-state index contributed by atoms with van der Waals surface area (Å²) in [6.07, 6.45) is 8.68. The standard InChI is InChI=1S/C24H33ClN8/c1-6-9-28-19(15(3)27)11-16(13-26)12-20-30-23-21(22(25)18(7-2)29-23)24(31-20)33-10-8-17(14-33)32(4)5/h6,9,11,13,17H,1,3,7-8,10,12,14,26-27H2,2,4-5H3,(H,29,30,31)/b16-13+,19-11+,28-9-/t17-/m1/s1. The first-order chi connectivity index (χ1) is 15.8. The molecule has 3 rings (SSSR count). The molecule has 0 amide bonds. The maximum Gasteiger partial charge on any atom is 0.144 e. The normalized spacial score (nSPS) is 17.6. The van der Waals surface area contributed by atoms with Crippen LogP contribution in [0, 0.1) is 0 Å². The Morgan fingerprint density at radius 3 is 2.73 bits per heavy atom. The molecule has 0 unspecified atom stereocenters. The molecule has 1 atom stereocenters. The third kappa shape index (κ3) is 5.46. The summed E-state index contributed by atoms with van der Waals surface area (Å²) >= 11 is 6.74. The number of fused-ring (bicyclic) bond motifs is 1. The van der Waals surface area contributed by atoms with Gasteiger partial charge in [-0.3, -0.25) is 4.99 Å². The molecule has 1 fully saturated rings. The molecule has 9 heteroatoms. The van der Waals surface area contributed by atoms with Gasteiger partial charge in [-0.05, 0) is 44.8 Å². The molecule has 1 aliphatic rings. The zero-order valence-electron chi connectivity index (χ0n) is 19.6. The van der Waals surface area contributed by atoms with E-state index >= 15 is 0 Å². The lowest BCUT2D eigenvalue weighted by Gasteiger charge is -2.22. The van der Waals surface area contributed by atoms with Crippen molar-refractivity contribution in [1.82, 2.24) is 19.9 Å². The molecule has 33 heavy (non-hydrogen) atoms. The van der Waals surface area contributed by atoms with Crippen LogP contribution in [0.1, 0.15) is 24.9 Å². The minimum atomic E-state index is 0.333. The van der Waals surface area contributed by atoms with Gasteiger partial charge >= 0.3 is 0 Å². The Hall–Kier alpha value is -3.10. The van der Waals surface area contributed by atoms with Gasteiger partial charge in [-0.1, -0.05) is 37.8 Å². The highest BCUT2D eigenvalue weighted by atomic mass is 35.5. The molecule has 0 saturated carbocycles. The molecule has 2 aromatic heterocycles. The molecule has 3 heterocycles. The first-order valence-corrected chi connectivity index (χ1v) is 11.4. The fraction of sp³-hybridized carbons (Fsp3) is 0.375. The smallest absolute Gasteiger partial charge is 0.144 e. The number of likely N-dealkylation sites (N-methyl/N-ethyl adjacent to an activating group) is 1. The number of anilines is 1. The van der Waals surface area contributed by atoms with Gasteiger partial charge in [0.05, 0.1) is 21.8 Å². The Morgan fingerprint density at radius 2 is 2.15 bits per heavy atom. The summed E-state index contributed by atoms with van der Waals surface area (Å²) in [5.74, 6) is 1.49. The zero-order valence-corrected chi connectivity index (χ0v) is 20.4. The van der Waals surface area contributed by atoms with E-state index in [2.05, 4.69) is 54.0 Å². The third-order valence-electron chi connectivity index (χ3n) is 5.78. The summed E-state index contributed by atoms with van der Waals surface area (Å²) < 4.78 is 0. The lowest BCUT2D eigenvalue weighted by atomic mass is 10.1. The van der Waals surface area contributed by atoms with E-state index in [0.717, 1.165) is 54.0 Å². The number of nitrogens with one attached hydrogen (secondary N) is 1. The summed E-state index contributed by atoms with van der Waals surface area (Å²) in [6, 6.07) is 0.463. The van der Waals surface area contributed by atoms with Crippen LogP contribution in [0.25, 0.3) is 11.0 Å². The second-order valence-electron chi connectivity index (χ2n) is 8.30. The molecule has 0 aliphatic carbocycles. The number of aliphatic imine (C=N–C) groups is 1. The van der Waals surface area contributed by atoms with E-state index in [1.54, 1.807) is 18.4 Å². The van der Waals surface area contributed by atoms with Crippen molar-refractivity contribution in [3.63, 3.8) is 0 Å². The number of nitrogens with zero attached hydrogens (tertiary/aromatic N) is 5. The van der Waals surface area contributed by atoms with Crippen molar-refractivity contribution < 1.29 is 0 Å². The molecule has 8 nitrogen and oxygen atoms in total. The summed E-state index contributed by atoms with van der Waals surface area (Å²) in [6.45, 7) is 11.3. The molecule has 2 aromatic rings. The largest absolute Gasteiger partial charge is 0.404 e. The molecule has 0 spiro atoms. The van der Waals surface area contributed by atoms with Crippen LogP contribution in [0.4, 0.5) is 5.82 Å². The van der Waals surface area contributed by atoms with Crippen molar-refractivity contribution in [2.75, 3.05) is 32.1 Å². The molecule has 176 valence electrons. The van der Waals surface area contributed by atoms with Gasteiger partial charge in [-0.25, -0.2) is 9.97 Å². The van der Waals surface area contributed by atoms with Gasteiger partial charge in [0.2, 0.25) is 0 Å². The molecule has 0 radical (unpaired) electrons. The van der Waals surface area contributed by atoms with Crippen LogP contribution < -0.4 is 16.4 Å². The molecule has 0 aromatic carbocycles. The number of nitrogens with two attached hydrogens (primary N) is 2. The van der Waals surface area contributed by atoms with Crippen molar-refractivity contribution >= 4 is 34.7 Å². The fourth-order valence-corrected chi connectivity index (χ4v) is 4.26. The average Bonchev–Trinajstić information content (AvgIpc) is 3.40. The van der Waals surface area contributed by atoms with Crippen LogP contribution in [0.5, 0.6) is 0 Å². The van der Waals surface area contributed by atoms with Gasteiger partial charge < -0.3 is 26.3 Å².